The molecule has 4 saturated heterocycles. The van der Waals surface area contributed by atoms with E-state index in [-0.39, 0.29) is 242 Å². The van der Waals surface area contributed by atoms with Crippen LogP contribution in [0, 0.1) is 5.53 Å². The summed E-state index contributed by atoms with van der Waals surface area (Å²) in [4.78, 5) is 64.4. The van der Waals surface area contributed by atoms with Gasteiger partial charge in [0, 0.05) is 111 Å². The monoisotopic (exact) mass is 1960 g/mol. The zero-order chi connectivity index (χ0) is 98.7. The van der Waals surface area contributed by atoms with Crippen molar-refractivity contribution in [2.24, 2.45) is 11.0 Å². The van der Waals surface area contributed by atoms with Crippen molar-refractivity contribution in [1.29, 1.82) is 5.53 Å². The second kappa shape index (κ2) is 69.2. The van der Waals surface area contributed by atoms with Gasteiger partial charge in [-0.2, -0.15) is 5.11 Å². The lowest BCUT2D eigenvalue weighted by Gasteiger charge is -2.44. The SMILES string of the molecule is CC(=O)NC1CC(O)C(CO)OC1OCCOCCOCCOCCNCC1(N=N)CN(C(CCCCN(Cc2cn(CCOCCOCCOCCOC3OC(CO)C(O)CC3NC(C)=O)nn2)Cc2cn(CCOCCOCCOCCOC3OC(CO)C(O)C(O)C3NC(C)=O)nn2)C(=O)O)C/C(=C/N(N)CCOCCOCCOCCOC(O)C(NC(C)=O)C(O)C(O)CCO)N1. The zero-order valence-corrected chi connectivity index (χ0v) is 78.3. The van der Waals surface area contributed by atoms with E-state index >= 15 is 0 Å². The summed E-state index contributed by atoms with van der Waals surface area (Å²) in [5.74, 6) is 3.77. The molecule has 0 bridgehead atoms. The highest BCUT2D eigenvalue weighted by atomic mass is 16.7. The van der Waals surface area contributed by atoms with Gasteiger partial charge in [-0.15, -0.1) is 10.2 Å². The lowest BCUT2D eigenvalue weighted by molar-refractivity contribution is -0.272. The molecule has 0 aromatic carbocycles. The van der Waals surface area contributed by atoms with Crippen LogP contribution in [0.3, 0.4) is 0 Å². The molecule has 4 aliphatic heterocycles. The molecule has 19 atom stereocenters. The third-order valence-electron chi connectivity index (χ3n) is 21.3. The number of amides is 4. The molecular weight excluding hydrogens is 1810 g/mol. The van der Waals surface area contributed by atoms with Crippen molar-refractivity contribution in [3.05, 3.63) is 35.7 Å². The Morgan fingerprint density at radius 2 is 0.993 bits per heavy atom. The average molecular weight is 1960 g/mol. The Labute approximate surface area is 789 Å². The zero-order valence-electron chi connectivity index (χ0n) is 78.3. The van der Waals surface area contributed by atoms with Gasteiger partial charge < -0.3 is 188 Å². The number of piperazine rings is 1. The highest BCUT2D eigenvalue weighted by molar-refractivity contribution is 5.75. The molecule has 19 unspecified atom stereocenters. The summed E-state index contributed by atoms with van der Waals surface area (Å²) in [5, 5.41) is 161. The largest absolute Gasteiger partial charge is 0.480 e. The molecule has 6 rings (SSSR count). The summed E-state index contributed by atoms with van der Waals surface area (Å²) in [5.41, 5.74) is 8.97. The topological polar surface area (TPSA) is 709 Å². The van der Waals surface area contributed by atoms with Gasteiger partial charge in [-0.25, -0.2) is 20.7 Å². The van der Waals surface area contributed by atoms with Crippen LogP contribution >= 0.6 is 0 Å². The van der Waals surface area contributed by atoms with Gasteiger partial charge in [0.2, 0.25) is 23.6 Å². The second-order valence-electron chi connectivity index (χ2n) is 32.4. The standard InChI is InChI=1S/C82H150N18O36/c1-56(105)86-63-43-67(110)69(51-102)134-79(63)131-40-36-127-32-28-122-23-19-118-15-9-85-54-82(93-83)55-97(47-60(90-82)48-98(84)11-16-119-20-24-123-27-31-126-35-39-130-78(117)72(88-58(3)107)74(112)66(109)8-14-101)65(77(115)116)7-5-6-10-96(45-61-49-99(94-91-61)12-17-120-21-25-124-29-33-128-37-41-132-80-64(87-57(2)106)44-68(111)70(52-103)135-80)46-62-50-100(95-92-62)13-18-121-22-26-125-30-34-129-38-42-133-81-73(89-59(4)108)76(114)75(113)71(53-104)136-81/h48-50,63-76,78-81,83,85,90,101-104,109-114,117H,5-47,51-55,84H2,1-4H3,(H,86,105)(H,87,106)(H,88,107)(H,89,108)(H,115,116)/b60-48-,93-83?. The third-order valence-corrected chi connectivity index (χ3v) is 21.3. The minimum Gasteiger partial charge on any atom is -0.480 e. The second-order valence-corrected chi connectivity index (χ2v) is 32.4. The summed E-state index contributed by atoms with van der Waals surface area (Å²) in [7, 11) is 0. The maximum absolute atomic E-state index is 13.6. The first-order valence-corrected chi connectivity index (χ1v) is 45.9. The number of nitrogens with zero attached hydrogens (tertiary/aromatic N) is 10. The highest BCUT2D eigenvalue weighted by Crippen LogP contribution is 2.27. The average Bonchev–Trinajstić information content (AvgIpc) is 0.993. The van der Waals surface area contributed by atoms with Crippen LogP contribution in [0.5, 0.6) is 0 Å². The molecule has 2 aromatic rings. The maximum atomic E-state index is 13.6. The molecule has 0 spiro atoms. The Morgan fingerprint density at radius 3 is 1.43 bits per heavy atom. The number of aromatic nitrogens is 6. The van der Waals surface area contributed by atoms with Crippen molar-refractivity contribution in [3.8, 4) is 0 Å². The first kappa shape index (κ1) is 118. The molecule has 2 aromatic heterocycles. The van der Waals surface area contributed by atoms with E-state index in [1.807, 2.05) is 12.4 Å². The summed E-state index contributed by atoms with van der Waals surface area (Å²) in [6.45, 7) is 11.1. The normalized spacial score (nSPS) is 24.1. The maximum Gasteiger partial charge on any atom is 0.320 e. The number of carbonyl (C=O) groups is 5. The van der Waals surface area contributed by atoms with Crippen LogP contribution in [0.4, 0.5) is 0 Å². The molecule has 54 nitrogen and oxygen atoms in total. The number of ether oxygens (including phenoxy) is 19. The fourth-order valence-corrected chi connectivity index (χ4v) is 14.6. The van der Waals surface area contributed by atoms with Crippen molar-refractivity contribution >= 4 is 29.6 Å². The quantitative estimate of drug-likeness (QED) is 0.00961. The number of nitrogens with two attached hydrogens (primary N) is 1. The molecule has 784 valence electrons. The molecule has 6 heterocycles. The third kappa shape index (κ3) is 47.2. The summed E-state index contributed by atoms with van der Waals surface area (Å²) in [6, 6.07) is -4.73. The molecule has 0 saturated carbocycles. The van der Waals surface area contributed by atoms with E-state index < -0.39 is 160 Å². The first-order valence-electron chi connectivity index (χ1n) is 45.9. The number of carbonyl (C=O) groups excluding carboxylic acids is 4. The van der Waals surface area contributed by atoms with Gasteiger partial charge >= 0.3 is 5.97 Å². The Kier molecular flexibility index (Phi) is 60.0. The van der Waals surface area contributed by atoms with Crippen LogP contribution in [0.2, 0.25) is 0 Å². The predicted molar refractivity (Wildman–Crippen MR) is 468 cm³/mol. The van der Waals surface area contributed by atoms with E-state index in [9.17, 15) is 80.1 Å². The van der Waals surface area contributed by atoms with Crippen molar-refractivity contribution in [2.75, 3.05) is 251 Å². The Hall–Kier alpha value is -6.79. The molecule has 136 heavy (non-hydrogen) atoms. The van der Waals surface area contributed by atoms with Gasteiger partial charge in [-0.05, 0) is 25.8 Å². The van der Waals surface area contributed by atoms with E-state index in [0.717, 1.165) is 0 Å². The summed E-state index contributed by atoms with van der Waals surface area (Å²) >= 11 is 0. The first-order chi connectivity index (χ1) is 65.7. The van der Waals surface area contributed by atoms with Crippen molar-refractivity contribution < 1.29 is 175 Å². The highest BCUT2D eigenvalue weighted by Gasteiger charge is 2.47. The Balaban J connectivity index is 1.00. The number of rotatable bonds is 79. The number of carboxylic acids is 1. The van der Waals surface area contributed by atoms with Crippen LogP contribution in [0.25, 0.3) is 0 Å². The van der Waals surface area contributed by atoms with Crippen molar-refractivity contribution in [1.82, 2.24) is 76.7 Å². The van der Waals surface area contributed by atoms with Crippen molar-refractivity contribution in [2.45, 2.75) is 208 Å². The minimum absolute atomic E-state index is 0.000652. The van der Waals surface area contributed by atoms with Gasteiger partial charge in [-0.3, -0.25) is 33.8 Å². The lowest BCUT2D eigenvalue weighted by Crippen LogP contribution is -2.65. The molecule has 4 fully saturated rings. The van der Waals surface area contributed by atoms with E-state index in [4.69, 9.17) is 106 Å². The van der Waals surface area contributed by atoms with Crippen molar-refractivity contribution in [3.63, 3.8) is 0 Å². The van der Waals surface area contributed by atoms with Gasteiger partial charge in [0.05, 0.1) is 266 Å². The number of hydrazine groups is 1. The van der Waals surface area contributed by atoms with Gasteiger partial charge in [0.15, 0.2) is 30.8 Å². The van der Waals surface area contributed by atoms with Gasteiger partial charge in [-0.1, -0.05) is 16.8 Å². The number of unbranched alkanes of at least 4 members (excludes halogenated alkanes) is 1. The minimum atomic E-state index is -1.70. The lowest BCUT2D eigenvalue weighted by atomic mass is 9.97. The predicted octanol–water partition coefficient (Wildman–Crippen LogP) is -9.18. The number of aliphatic hydroxyl groups excluding tert-OH is 11. The number of hydrogen-bond donors (Lipinski definition) is 20. The summed E-state index contributed by atoms with van der Waals surface area (Å²) in [6.07, 6.45) is -8.84. The smallest absolute Gasteiger partial charge is 0.320 e. The van der Waals surface area contributed by atoms with Gasteiger partial charge in [0.1, 0.15) is 54.7 Å². The molecule has 4 aliphatic rings. The van der Waals surface area contributed by atoms with Crippen LogP contribution in [-0.2, 0) is 140 Å². The van der Waals surface area contributed by atoms with E-state index in [2.05, 4.69) is 62.5 Å². The van der Waals surface area contributed by atoms with E-state index in [1.165, 1.54) is 32.7 Å². The van der Waals surface area contributed by atoms with Crippen LogP contribution in [0.15, 0.2) is 29.4 Å². The number of aliphatic hydroxyl groups is 11. The Bertz CT molecular complexity index is 3570. The molecule has 21 N–H and O–H groups in total. The molecule has 0 aliphatic carbocycles. The molecular formula is C82H150N18O36. The van der Waals surface area contributed by atoms with E-state index in [1.54, 1.807) is 20.5 Å². The molecule has 4 amide bonds. The fraction of sp³-hybridized carbons (Fsp3) is 0.866. The number of hydrogen-bond acceptors (Lipinski definition) is 47. The summed E-state index contributed by atoms with van der Waals surface area (Å²) < 4.78 is 111. The van der Waals surface area contributed by atoms with Crippen LogP contribution < -0.4 is 37.7 Å². The number of carboxylic acid groups (broad SMARTS) is 1. The van der Waals surface area contributed by atoms with Crippen LogP contribution in [0.1, 0.15) is 77.6 Å². The molecule has 0 radical (unpaired) electrons. The molecule has 54 heteroatoms. The van der Waals surface area contributed by atoms with Gasteiger partial charge in [0.25, 0.3) is 0 Å². The fourth-order valence-electron chi connectivity index (χ4n) is 14.6. The number of nitrogens with one attached hydrogen (secondary N) is 7. The van der Waals surface area contributed by atoms with E-state index in [0.29, 0.717) is 75.8 Å². The Morgan fingerprint density at radius 1 is 0.559 bits per heavy atom. The number of aliphatic carboxylic acids is 1. The van der Waals surface area contributed by atoms with Crippen LogP contribution in [-0.4, -0.2) is 502 Å².